The molecule has 116 valence electrons. The number of anilines is 1. The molecule has 0 bridgehead atoms. The lowest BCUT2D eigenvalue weighted by atomic mass is 9.94. The van der Waals surface area contributed by atoms with Gasteiger partial charge in [-0.15, -0.1) is 0 Å². The molecule has 21 heavy (non-hydrogen) atoms. The molecule has 2 rings (SSSR count). The molecule has 0 radical (unpaired) electrons. The van der Waals surface area contributed by atoms with Crippen molar-refractivity contribution in [2.45, 2.75) is 26.3 Å². The van der Waals surface area contributed by atoms with Crippen molar-refractivity contribution in [3.8, 4) is 0 Å². The maximum absolute atomic E-state index is 13.5. The number of benzene rings is 1. The minimum absolute atomic E-state index is 0.00265. The van der Waals surface area contributed by atoms with Gasteiger partial charge in [-0.2, -0.15) is 0 Å². The van der Waals surface area contributed by atoms with Gasteiger partial charge in [0.1, 0.15) is 11.6 Å². The van der Waals surface area contributed by atoms with E-state index in [9.17, 15) is 13.6 Å². The molecule has 0 aromatic heterocycles. The first-order valence-electron chi connectivity index (χ1n) is 7.25. The van der Waals surface area contributed by atoms with Gasteiger partial charge in [0.15, 0.2) is 0 Å². The minimum Gasteiger partial charge on any atom is -0.324 e. The maximum atomic E-state index is 13.5. The van der Waals surface area contributed by atoms with Crippen LogP contribution in [0.15, 0.2) is 18.2 Å². The van der Waals surface area contributed by atoms with E-state index in [1.54, 1.807) is 4.90 Å². The molecule has 1 heterocycles. The Kier molecular flexibility index (Phi) is 5.12. The molecule has 2 amide bonds. The SMILES string of the molecule is CCNC1CCN(C(=O)Nc2ccc(F)cc2F)CC1C. The molecular weight excluding hydrogens is 276 g/mol. The Morgan fingerprint density at radius 1 is 1.43 bits per heavy atom. The van der Waals surface area contributed by atoms with Crippen molar-refractivity contribution in [2.24, 2.45) is 5.92 Å². The van der Waals surface area contributed by atoms with Gasteiger partial charge in [0, 0.05) is 25.2 Å². The van der Waals surface area contributed by atoms with E-state index < -0.39 is 11.6 Å². The van der Waals surface area contributed by atoms with Crippen LogP contribution in [0.5, 0.6) is 0 Å². The lowest BCUT2D eigenvalue weighted by Crippen LogP contribution is -2.51. The van der Waals surface area contributed by atoms with E-state index in [0.29, 0.717) is 25.0 Å². The van der Waals surface area contributed by atoms with Gasteiger partial charge in [0.2, 0.25) is 0 Å². The van der Waals surface area contributed by atoms with Gasteiger partial charge >= 0.3 is 6.03 Å². The lowest BCUT2D eigenvalue weighted by molar-refractivity contribution is 0.161. The molecule has 1 saturated heterocycles. The van der Waals surface area contributed by atoms with Crippen LogP contribution in [0.1, 0.15) is 20.3 Å². The Labute approximate surface area is 123 Å². The maximum Gasteiger partial charge on any atom is 0.321 e. The number of nitrogens with zero attached hydrogens (tertiary/aromatic N) is 1. The fraction of sp³-hybridized carbons (Fsp3) is 0.533. The molecule has 1 aliphatic heterocycles. The molecule has 1 aliphatic rings. The van der Waals surface area contributed by atoms with Crippen LogP contribution in [0.25, 0.3) is 0 Å². The summed E-state index contributed by atoms with van der Waals surface area (Å²) in [6.45, 7) is 6.29. The van der Waals surface area contributed by atoms with Crippen LogP contribution in [-0.4, -0.2) is 36.6 Å². The molecular formula is C15H21F2N3O. The first-order chi connectivity index (χ1) is 10.0. The van der Waals surface area contributed by atoms with Crippen molar-refractivity contribution in [3.05, 3.63) is 29.8 Å². The highest BCUT2D eigenvalue weighted by Crippen LogP contribution is 2.19. The fourth-order valence-electron chi connectivity index (χ4n) is 2.68. The van der Waals surface area contributed by atoms with E-state index in [1.807, 2.05) is 0 Å². The molecule has 0 aliphatic carbocycles. The third-order valence-corrected chi connectivity index (χ3v) is 3.83. The van der Waals surface area contributed by atoms with E-state index in [2.05, 4.69) is 24.5 Å². The zero-order chi connectivity index (χ0) is 15.4. The van der Waals surface area contributed by atoms with Gasteiger partial charge in [0.25, 0.3) is 0 Å². The van der Waals surface area contributed by atoms with Gasteiger partial charge < -0.3 is 15.5 Å². The predicted octanol–water partition coefficient (Wildman–Crippen LogP) is 2.82. The number of nitrogens with one attached hydrogen (secondary N) is 2. The van der Waals surface area contributed by atoms with Gasteiger partial charge in [-0.05, 0) is 31.0 Å². The molecule has 2 unspecified atom stereocenters. The van der Waals surface area contributed by atoms with E-state index in [-0.39, 0.29) is 11.7 Å². The van der Waals surface area contributed by atoms with E-state index in [1.165, 1.54) is 6.07 Å². The van der Waals surface area contributed by atoms with Crippen molar-refractivity contribution in [1.29, 1.82) is 0 Å². The Morgan fingerprint density at radius 2 is 2.19 bits per heavy atom. The first-order valence-corrected chi connectivity index (χ1v) is 7.25. The number of rotatable bonds is 3. The lowest BCUT2D eigenvalue weighted by Gasteiger charge is -2.37. The Bertz CT molecular complexity index is 510. The summed E-state index contributed by atoms with van der Waals surface area (Å²) in [6.07, 6.45) is 0.869. The molecule has 6 heteroatoms. The second-order valence-corrected chi connectivity index (χ2v) is 5.43. The van der Waals surface area contributed by atoms with Gasteiger partial charge in [-0.3, -0.25) is 0 Å². The average Bonchev–Trinajstić information content (AvgIpc) is 2.44. The highest BCUT2D eigenvalue weighted by molar-refractivity contribution is 5.89. The topological polar surface area (TPSA) is 44.4 Å². The summed E-state index contributed by atoms with van der Waals surface area (Å²) >= 11 is 0. The van der Waals surface area contributed by atoms with Crippen LogP contribution in [0, 0.1) is 17.6 Å². The van der Waals surface area contributed by atoms with Crippen LogP contribution < -0.4 is 10.6 Å². The van der Waals surface area contributed by atoms with Crippen molar-refractivity contribution in [3.63, 3.8) is 0 Å². The Morgan fingerprint density at radius 3 is 2.81 bits per heavy atom. The smallest absolute Gasteiger partial charge is 0.321 e. The highest BCUT2D eigenvalue weighted by atomic mass is 19.1. The third kappa shape index (κ3) is 3.91. The molecule has 1 aromatic rings. The molecule has 0 saturated carbocycles. The quantitative estimate of drug-likeness (QED) is 0.901. The van der Waals surface area contributed by atoms with E-state index in [0.717, 1.165) is 25.1 Å². The van der Waals surface area contributed by atoms with Crippen molar-refractivity contribution < 1.29 is 13.6 Å². The Balaban J connectivity index is 1.95. The predicted molar refractivity (Wildman–Crippen MR) is 78.2 cm³/mol. The van der Waals surface area contributed by atoms with Crippen LogP contribution in [0.2, 0.25) is 0 Å². The fourth-order valence-corrected chi connectivity index (χ4v) is 2.68. The number of hydrogen-bond donors (Lipinski definition) is 2. The number of amides is 2. The number of halogens is 2. The molecule has 1 aromatic carbocycles. The number of urea groups is 1. The summed E-state index contributed by atoms with van der Waals surface area (Å²) in [5.41, 5.74) is 0.00265. The third-order valence-electron chi connectivity index (χ3n) is 3.83. The monoisotopic (exact) mass is 297 g/mol. The average molecular weight is 297 g/mol. The second kappa shape index (κ2) is 6.85. The minimum atomic E-state index is -0.765. The molecule has 2 atom stereocenters. The van der Waals surface area contributed by atoms with E-state index in [4.69, 9.17) is 0 Å². The molecule has 0 spiro atoms. The molecule has 1 fully saturated rings. The normalized spacial score (nSPS) is 22.2. The zero-order valence-corrected chi connectivity index (χ0v) is 12.3. The summed E-state index contributed by atoms with van der Waals surface area (Å²) in [6, 6.07) is 3.18. The summed E-state index contributed by atoms with van der Waals surface area (Å²) < 4.78 is 26.4. The Hall–Kier alpha value is -1.69. The number of carbonyl (C=O) groups excluding carboxylic acids is 1. The van der Waals surface area contributed by atoms with Crippen molar-refractivity contribution >= 4 is 11.7 Å². The number of carbonyl (C=O) groups is 1. The summed E-state index contributed by atoms with van der Waals surface area (Å²) in [7, 11) is 0. The number of piperidine rings is 1. The zero-order valence-electron chi connectivity index (χ0n) is 12.3. The number of hydrogen-bond acceptors (Lipinski definition) is 2. The largest absolute Gasteiger partial charge is 0.324 e. The highest BCUT2D eigenvalue weighted by Gasteiger charge is 2.28. The van der Waals surface area contributed by atoms with Crippen LogP contribution >= 0.6 is 0 Å². The standard InChI is InChI=1S/C15H21F2N3O/c1-3-18-13-6-7-20(9-10(13)2)15(21)19-14-5-4-11(16)8-12(14)17/h4-5,8,10,13,18H,3,6-7,9H2,1-2H3,(H,19,21). The van der Waals surface area contributed by atoms with Gasteiger partial charge in [-0.25, -0.2) is 13.6 Å². The van der Waals surface area contributed by atoms with Gasteiger partial charge in [0.05, 0.1) is 5.69 Å². The molecule has 4 nitrogen and oxygen atoms in total. The number of likely N-dealkylation sites (tertiary alicyclic amines) is 1. The summed E-state index contributed by atoms with van der Waals surface area (Å²) in [5.74, 6) is -1.09. The van der Waals surface area contributed by atoms with Crippen LogP contribution in [-0.2, 0) is 0 Å². The summed E-state index contributed by atoms with van der Waals surface area (Å²) in [4.78, 5) is 13.8. The van der Waals surface area contributed by atoms with Crippen LogP contribution in [0.3, 0.4) is 0 Å². The first kappa shape index (κ1) is 15.7. The van der Waals surface area contributed by atoms with Crippen molar-refractivity contribution in [1.82, 2.24) is 10.2 Å². The van der Waals surface area contributed by atoms with Crippen molar-refractivity contribution in [2.75, 3.05) is 25.0 Å². The van der Waals surface area contributed by atoms with Crippen LogP contribution in [0.4, 0.5) is 19.3 Å². The summed E-state index contributed by atoms with van der Waals surface area (Å²) in [5, 5.41) is 5.90. The van der Waals surface area contributed by atoms with Gasteiger partial charge in [-0.1, -0.05) is 13.8 Å². The second-order valence-electron chi connectivity index (χ2n) is 5.43. The van der Waals surface area contributed by atoms with E-state index >= 15 is 0 Å². The molecule has 2 N–H and O–H groups in total.